The predicted octanol–water partition coefficient (Wildman–Crippen LogP) is 2.64. The second kappa shape index (κ2) is 6.02. The number of carbonyl (C=O) groups is 2. The van der Waals surface area contributed by atoms with Gasteiger partial charge in [-0.2, -0.15) is 5.10 Å². The van der Waals surface area contributed by atoms with Gasteiger partial charge >= 0.3 is 0 Å². The average Bonchev–Trinajstić information content (AvgIpc) is 3.50. The van der Waals surface area contributed by atoms with Crippen LogP contribution in [0, 0.1) is 12.8 Å². The van der Waals surface area contributed by atoms with E-state index in [1.54, 1.807) is 4.68 Å². The molecule has 2 saturated carbocycles. The first-order valence-corrected chi connectivity index (χ1v) is 8.81. The Labute approximate surface area is 146 Å². The number of nitrogens with zero attached hydrogens (tertiary/aromatic N) is 2. The summed E-state index contributed by atoms with van der Waals surface area (Å²) in [6.07, 6.45) is 6.43. The normalized spacial score (nSPS) is 16.7. The van der Waals surface area contributed by atoms with Gasteiger partial charge in [0.15, 0.2) is 5.78 Å². The minimum Gasteiger partial charge on any atom is -0.383 e. The molecule has 25 heavy (non-hydrogen) atoms. The fraction of sp³-hybridized carbons (Fsp3) is 0.421. The summed E-state index contributed by atoms with van der Waals surface area (Å²) < 4.78 is 1.55. The smallest absolute Gasteiger partial charge is 0.256 e. The molecule has 2 aliphatic carbocycles. The molecule has 2 aromatic rings. The van der Waals surface area contributed by atoms with Crippen LogP contribution in [0.5, 0.6) is 0 Å². The molecule has 0 bridgehead atoms. The van der Waals surface area contributed by atoms with Gasteiger partial charge in [-0.1, -0.05) is 12.1 Å². The lowest BCUT2D eigenvalue weighted by molar-refractivity contribution is 0.0949. The molecule has 0 atom stereocenters. The molecule has 0 aliphatic heterocycles. The zero-order valence-electron chi connectivity index (χ0n) is 14.3. The van der Waals surface area contributed by atoms with Gasteiger partial charge < -0.3 is 11.1 Å². The van der Waals surface area contributed by atoms with Crippen LogP contribution >= 0.6 is 0 Å². The lowest BCUT2D eigenvalue weighted by Crippen LogP contribution is -2.26. The zero-order chi connectivity index (χ0) is 17.6. The highest BCUT2D eigenvalue weighted by atomic mass is 16.2. The number of aryl methyl sites for hydroxylation is 1. The van der Waals surface area contributed by atoms with Crippen molar-refractivity contribution in [2.75, 3.05) is 5.73 Å². The van der Waals surface area contributed by atoms with Gasteiger partial charge in [-0.25, -0.2) is 4.68 Å². The number of anilines is 1. The standard InChI is InChI=1S/C19H22N4O2/c1-11-2-5-13(17(24)8-12-3-4-12)9-16(11)23-18(20)15(10-21-23)19(25)22-14-6-7-14/h2,5,9-10,12,14H,3-4,6-8,20H2,1H3,(H,22,25). The summed E-state index contributed by atoms with van der Waals surface area (Å²) in [5.41, 5.74) is 8.91. The Morgan fingerprint density at radius 1 is 1.28 bits per heavy atom. The molecule has 2 fully saturated rings. The van der Waals surface area contributed by atoms with E-state index in [1.165, 1.54) is 6.20 Å². The first-order valence-electron chi connectivity index (χ1n) is 8.81. The van der Waals surface area contributed by atoms with Gasteiger partial charge in [-0.3, -0.25) is 9.59 Å². The number of hydrogen-bond acceptors (Lipinski definition) is 4. The van der Waals surface area contributed by atoms with Gasteiger partial charge in [0.1, 0.15) is 11.4 Å². The lowest BCUT2D eigenvalue weighted by Gasteiger charge is -2.11. The average molecular weight is 338 g/mol. The molecule has 0 unspecified atom stereocenters. The van der Waals surface area contributed by atoms with Gasteiger partial charge in [0.25, 0.3) is 5.91 Å². The van der Waals surface area contributed by atoms with Crippen molar-refractivity contribution in [3.63, 3.8) is 0 Å². The monoisotopic (exact) mass is 338 g/mol. The van der Waals surface area contributed by atoms with Crippen LogP contribution in [0.25, 0.3) is 5.69 Å². The molecule has 6 nitrogen and oxygen atoms in total. The maximum Gasteiger partial charge on any atom is 0.256 e. The molecule has 0 saturated heterocycles. The van der Waals surface area contributed by atoms with Crippen molar-refractivity contribution >= 4 is 17.5 Å². The quantitative estimate of drug-likeness (QED) is 0.792. The van der Waals surface area contributed by atoms with Gasteiger partial charge in [0, 0.05) is 18.0 Å². The maximum atomic E-state index is 12.4. The van der Waals surface area contributed by atoms with Crippen molar-refractivity contribution < 1.29 is 9.59 Å². The second-order valence-corrected chi connectivity index (χ2v) is 7.17. The third kappa shape index (κ3) is 3.29. The maximum absolute atomic E-state index is 12.4. The van der Waals surface area contributed by atoms with Gasteiger partial charge in [-0.15, -0.1) is 0 Å². The number of ketones is 1. The molecule has 1 heterocycles. The molecule has 0 radical (unpaired) electrons. The Morgan fingerprint density at radius 2 is 2.04 bits per heavy atom. The van der Waals surface area contributed by atoms with E-state index in [2.05, 4.69) is 10.4 Å². The van der Waals surface area contributed by atoms with Crippen LogP contribution in [0.1, 0.15) is 58.4 Å². The van der Waals surface area contributed by atoms with Crippen molar-refractivity contribution in [2.45, 2.75) is 45.1 Å². The van der Waals surface area contributed by atoms with Crippen LogP contribution < -0.4 is 11.1 Å². The van der Waals surface area contributed by atoms with Crippen molar-refractivity contribution in [1.82, 2.24) is 15.1 Å². The Morgan fingerprint density at radius 3 is 2.72 bits per heavy atom. The van der Waals surface area contributed by atoms with Crippen molar-refractivity contribution in [3.8, 4) is 5.69 Å². The predicted molar refractivity (Wildman–Crippen MR) is 94.9 cm³/mol. The fourth-order valence-electron chi connectivity index (χ4n) is 2.93. The number of hydrogen-bond donors (Lipinski definition) is 2. The number of aromatic nitrogens is 2. The van der Waals surface area contributed by atoms with Crippen LogP contribution in [-0.4, -0.2) is 27.5 Å². The summed E-state index contributed by atoms with van der Waals surface area (Å²) in [6.45, 7) is 1.94. The molecule has 3 N–H and O–H groups in total. The number of Topliss-reactive ketones (excluding diaryl/α,β-unsaturated/α-hetero) is 1. The summed E-state index contributed by atoms with van der Waals surface area (Å²) in [5.74, 6) is 0.809. The minimum atomic E-state index is -0.190. The second-order valence-electron chi connectivity index (χ2n) is 7.17. The summed E-state index contributed by atoms with van der Waals surface area (Å²) in [7, 11) is 0. The van der Waals surface area contributed by atoms with E-state index in [1.807, 2.05) is 25.1 Å². The Bertz CT molecular complexity index is 847. The largest absolute Gasteiger partial charge is 0.383 e. The topological polar surface area (TPSA) is 90.0 Å². The highest BCUT2D eigenvalue weighted by Crippen LogP contribution is 2.34. The van der Waals surface area contributed by atoms with Gasteiger partial charge in [0.2, 0.25) is 0 Å². The highest BCUT2D eigenvalue weighted by Gasteiger charge is 2.27. The van der Waals surface area contributed by atoms with Crippen molar-refractivity contribution in [1.29, 1.82) is 0 Å². The number of rotatable bonds is 6. The van der Waals surface area contributed by atoms with Crippen LogP contribution in [0.4, 0.5) is 5.82 Å². The number of amides is 1. The van der Waals surface area contributed by atoms with E-state index < -0.39 is 0 Å². The third-order valence-electron chi connectivity index (χ3n) is 4.89. The molecular weight excluding hydrogens is 316 g/mol. The van der Waals surface area contributed by atoms with E-state index in [4.69, 9.17) is 5.73 Å². The Hall–Kier alpha value is -2.63. The molecule has 1 aromatic carbocycles. The van der Waals surface area contributed by atoms with Crippen LogP contribution in [0.2, 0.25) is 0 Å². The van der Waals surface area contributed by atoms with Crippen molar-refractivity contribution in [2.24, 2.45) is 5.92 Å². The fourth-order valence-corrected chi connectivity index (χ4v) is 2.93. The first kappa shape index (κ1) is 15.9. The molecule has 1 amide bonds. The number of benzene rings is 1. The van der Waals surface area contributed by atoms with Crippen molar-refractivity contribution in [3.05, 3.63) is 41.1 Å². The summed E-state index contributed by atoms with van der Waals surface area (Å²) in [4.78, 5) is 24.6. The number of nitrogens with one attached hydrogen (secondary N) is 1. The molecule has 130 valence electrons. The minimum absolute atomic E-state index is 0.154. The summed E-state index contributed by atoms with van der Waals surface area (Å²) in [5, 5.41) is 7.21. The van der Waals surface area contributed by atoms with Gasteiger partial charge in [-0.05, 0) is 50.2 Å². The van der Waals surface area contributed by atoms with Crippen LogP contribution in [0.3, 0.4) is 0 Å². The first-order chi connectivity index (χ1) is 12.0. The third-order valence-corrected chi connectivity index (χ3v) is 4.89. The van der Waals surface area contributed by atoms with E-state index in [9.17, 15) is 9.59 Å². The van der Waals surface area contributed by atoms with E-state index in [-0.39, 0.29) is 17.7 Å². The molecule has 4 rings (SSSR count). The van der Waals surface area contributed by atoms with E-state index in [0.29, 0.717) is 29.3 Å². The molecule has 2 aliphatic rings. The van der Waals surface area contributed by atoms with E-state index >= 15 is 0 Å². The number of carbonyl (C=O) groups excluding carboxylic acids is 2. The molecule has 6 heteroatoms. The van der Waals surface area contributed by atoms with E-state index in [0.717, 1.165) is 36.9 Å². The van der Waals surface area contributed by atoms with Gasteiger partial charge in [0.05, 0.1) is 11.9 Å². The SMILES string of the molecule is Cc1ccc(C(=O)CC2CC2)cc1-n1ncc(C(=O)NC2CC2)c1N. The van der Waals surface area contributed by atoms with Crippen LogP contribution in [-0.2, 0) is 0 Å². The number of nitrogen functional groups attached to an aromatic ring is 1. The lowest BCUT2D eigenvalue weighted by atomic mass is 10.0. The van der Waals surface area contributed by atoms with Crippen LogP contribution in [0.15, 0.2) is 24.4 Å². The molecule has 1 aromatic heterocycles. The Kier molecular flexibility index (Phi) is 3.82. The number of nitrogens with two attached hydrogens (primary N) is 1. The highest BCUT2D eigenvalue weighted by molar-refractivity contribution is 5.99. The summed E-state index contributed by atoms with van der Waals surface area (Å²) >= 11 is 0. The molecular formula is C19H22N4O2. The zero-order valence-corrected chi connectivity index (χ0v) is 14.3. The Balaban J connectivity index is 1.63. The summed E-state index contributed by atoms with van der Waals surface area (Å²) in [6, 6.07) is 5.84. The molecule has 0 spiro atoms.